The van der Waals surface area contributed by atoms with E-state index in [1.807, 2.05) is 24.3 Å². The van der Waals surface area contributed by atoms with Crippen LogP contribution >= 0.6 is 0 Å². The fourth-order valence-corrected chi connectivity index (χ4v) is 3.24. The molecule has 1 amide bonds. The quantitative estimate of drug-likeness (QED) is 0.426. The van der Waals surface area contributed by atoms with Crippen molar-refractivity contribution in [1.29, 1.82) is 0 Å². The molecule has 156 valence electrons. The number of hydrogen-bond acceptors (Lipinski definition) is 5. The van der Waals surface area contributed by atoms with Crippen LogP contribution in [0.5, 0.6) is 11.5 Å². The molecule has 1 heterocycles. The van der Waals surface area contributed by atoms with Crippen molar-refractivity contribution in [3.8, 4) is 11.5 Å². The molecule has 0 fully saturated rings. The maximum absolute atomic E-state index is 13.1. The minimum Gasteiger partial charge on any atom is -0.493 e. The average Bonchev–Trinajstić information content (AvgIpc) is 3.17. The minimum atomic E-state index is -0.843. The summed E-state index contributed by atoms with van der Waals surface area (Å²) >= 11 is 0. The van der Waals surface area contributed by atoms with Gasteiger partial charge < -0.3 is 19.2 Å². The van der Waals surface area contributed by atoms with E-state index in [4.69, 9.17) is 13.9 Å². The van der Waals surface area contributed by atoms with E-state index in [2.05, 4.69) is 5.32 Å². The van der Waals surface area contributed by atoms with Gasteiger partial charge in [-0.05, 0) is 31.2 Å². The van der Waals surface area contributed by atoms with Crippen molar-refractivity contribution in [3.05, 3.63) is 90.2 Å². The summed E-state index contributed by atoms with van der Waals surface area (Å²) in [5.41, 5.74) is 1.30. The summed E-state index contributed by atoms with van der Waals surface area (Å²) in [5, 5.41) is 3.46. The van der Waals surface area contributed by atoms with Gasteiger partial charge in [0.1, 0.15) is 5.58 Å². The number of benzene rings is 3. The molecular formula is C25H21NO5. The van der Waals surface area contributed by atoms with E-state index in [1.165, 1.54) is 7.11 Å². The number of rotatable bonds is 7. The first-order valence-electron chi connectivity index (χ1n) is 9.80. The number of anilines is 1. The van der Waals surface area contributed by atoms with Crippen molar-refractivity contribution >= 4 is 28.3 Å². The molecule has 0 radical (unpaired) electrons. The van der Waals surface area contributed by atoms with Gasteiger partial charge in [0.05, 0.1) is 12.8 Å². The SMILES string of the molecule is COc1ccccc1OC(C)C(=O)Nc1c(C(=O)c2ccccc2)oc2ccccc12. The van der Waals surface area contributed by atoms with Crippen molar-refractivity contribution in [1.82, 2.24) is 0 Å². The number of fused-ring (bicyclic) bond motifs is 1. The van der Waals surface area contributed by atoms with Gasteiger partial charge in [-0.2, -0.15) is 0 Å². The van der Waals surface area contributed by atoms with E-state index in [1.54, 1.807) is 61.5 Å². The summed E-state index contributed by atoms with van der Waals surface area (Å²) in [6.45, 7) is 1.63. The lowest BCUT2D eigenvalue weighted by molar-refractivity contribution is -0.122. The highest BCUT2D eigenvalue weighted by Crippen LogP contribution is 2.33. The topological polar surface area (TPSA) is 77.8 Å². The summed E-state index contributed by atoms with van der Waals surface area (Å²) in [7, 11) is 1.53. The van der Waals surface area contributed by atoms with E-state index in [0.29, 0.717) is 33.7 Å². The Morgan fingerprint density at radius 1 is 0.871 bits per heavy atom. The zero-order valence-electron chi connectivity index (χ0n) is 17.1. The minimum absolute atomic E-state index is 0.0743. The van der Waals surface area contributed by atoms with Gasteiger partial charge in [0.2, 0.25) is 5.78 Å². The number of methoxy groups -OCH3 is 1. The first kappa shape index (κ1) is 20.2. The van der Waals surface area contributed by atoms with Crippen molar-refractivity contribution in [2.75, 3.05) is 12.4 Å². The molecule has 3 aromatic carbocycles. The van der Waals surface area contributed by atoms with Crippen LogP contribution in [0.2, 0.25) is 0 Å². The molecule has 4 aromatic rings. The number of amides is 1. The van der Waals surface area contributed by atoms with Crippen molar-refractivity contribution in [3.63, 3.8) is 0 Å². The predicted octanol–water partition coefficient (Wildman–Crippen LogP) is 5.08. The van der Waals surface area contributed by atoms with Gasteiger partial charge in [0.25, 0.3) is 5.91 Å². The Labute approximate surface area is 179 Å². The predicted molar refractivity (Wildman–Crippen MR) is 118 cm³/mol. The summed E-state index contributed by atoms with van der Waals surface area (Å²) in [6, 6.07) is 23.0. The average molecular weight is 415 g/mol. The van der Waals surface area contributed by atoms with Crippen LogP contribution in [-0.4, -0.2) is 24.9 Å². The van der Waals surface area contributed by atoms with Crippen LogP contribution in [-0.2, 0) is 4.79 Å². The van der Waals surface area contributed by atoms with Gasteiger partial charge in [0, 0.05) is 10.9 Å². The molecule has 0 bridgehead atoms. The summed E-state index contributed by atoms with van der Waals surface area (Å²) in [4.78, 5) is 26.0. The molecule has 1 atom stereocenters. The number of ketones is 1. The van der Waals surface area contributed by atoms with Crippen molar-refractivity contribution in [2.24, 2.45) is 0 Å². The first-order valence-corrected chi connectivity index (χ1v) is 9.80. The number of hydrogen-bond donors (Lipinski definition) is 1. The normalized spacial score (nSPS) is 11.7. The van der Waals surface area contributed by atoms with Crippen LogP contribution in [0.25, 0.3) is 11.0 Å². The first-order chi connectivity index (χ1) is 15.1. The molecule has 0 aliphatic carbocycles. The highest BCUT2D eigenvalue weighted by molar-refractivity contribution is 6.17. The van der Waals surface area contributed by atoms with Crippen LogP contribution in [0.4, 0.5) is 5.69 Å². The third-order valence-corrected chi connectivity index (χ3v) is 4.83. The van der Waals surface area contributed by atoms with Gasteiger partial charge in [-0.15, -0.1) is 0 Å². The molecule has 6 heteroatoms. The summed E-state index contributed by atoms with van der Waals surface area (Å²) in [5.74, 6) is 0.316. The van der Waals surface area contributed by atoms with E-state index in [9.17, 15) is 9.59 Å². The second kappa shape index (κ2) is 8.75. The Morgan fingerprint density at radius 3 is 2.26 bits per heavy atom. The molecule has 0 spiro atoms. The fraction of sp³-hybridized carbons (Fsp3) is 0.120. The maximum atomic E-state index is 13.1. The summed E-state index contributed by atoms with van der Waals surface area (Å²) < 4.78 is 16.9. The van der Waals surface area contributed by atoms with E-state index in [-0.39, 0.29) is 11.5 Å². The second-order valence-electron chi connectivity index (χ2n) is 6.90. The third kappa shape index (κ3) is 4.14. The smallest absolute Gasteiger partial charge is 0.265 e. The van der Waals surface area contributed by atoms with Crippen LogP contribution in [0.15, 0.2) is 83.3 Å². The van der Waals surface area contributed by atoms with Crippen LogP contribution in [0, 0.1) is 0 Å². The lowest BCUT2D eigenvalue weighted by Gasteiger charge is -2.16. The Morgan fingerprint density at radius 2 is 1.52 bits per heavy atom. The van der Waals surface area contributed by atoms with E-state index < -0.39 is 12.0 Å². The molecule has 31 heavy (non-hydrogen) atoms. The molecule has 0 aliphatic rings. The Bertz CT molecular complexity index is 1230. The van der Waals surface area contributed by atoms with Gasteiger partial charge in [0.15, 0.2) is 23.4 Å². The van der Waals surface area contributed by atoms with Gasteiger partial charge in [-0.25, -0.2) is 0 Å². The Balaban J connectivity index is 1.64. The standard InChI is InChI=1S/C25H21NO5/c1-16(30-21-15-9-8-14-20(21)29-2)25(28)26-22-18-12-6-7-13-19(18)31-24(22)23(27)17-10-4-3-5-11-17/h3-16H,1-2H3,(H,26,28). The number of para-hydroxylation sites is 3. The zero-order valence-corrected chi connectivity index (χ0v) is 17.1. The fourth-order valence-electron chi connectivity index (χ4n) is 3.24. The number of carbonyl (C=O) groups excluding carboxylic acids is 2. The highest BCUT2D eigenvalue weighted by Gasteiger charge is 2.25. The zero-order chi connectivity index (χ0) is 21.8. The van der Waals surface area contributed by atoms with Crippen molar-refractivity contribution in [2.45, 2.75) is 13.0 Å². The summed E-state index contributed by atoms with van der Waals surface area (Å²) in [6.07, 6.45) is -0.843. The molecule has 1 aromatic heterocycles. The molecule has 0 saturated heterocycles. The molecule has 1 unspecified atom stereocenters. The lowest BCUT2D eigenvalue weighted by Crippen LogP contribution is -2.30. The number of ether oxygens (including phenoxy) is 2. The van der Waals surface area contributed by atoms with Gasteiger partial charge in [-0.1, -0.05) is 54.6 Å². The van der Waals surface area contributed by atoms with E-state index in [0.717, 1.165) is 0 Å². The lowest BCUT2D eigenvalue weighted by atomic mass is 10.1. The third-order valence-electron chi connectivity index (χ3n) is 4.83. The van der Waals surface area contributed by atoms with Crippen LogP contribution in [0.1, 0.15) is 23.0 Å². The molecular weight excluding hydrogens is 394 g/mol. The Hall–Kier alpha value is -4.06. The Kier molecular flexibility index (Phi) is 5.71. The molecule has 6 nitrogen and oxygen atoms in total. The number of nitrogens with one attached hydrogen (secondary N) is 1. The highest BCUT2D eigenvalue weighted by atomic mass is 16.5. The molecule has 0 saturated carbocycles. The molecule has 0 aliphatic heterocycles. The van der Waals surface area contributed by atoms with Gasteiger partial charge in [-0.3, -0.25) is 9.59 Å². The van der Waals surface area contributed by atoms with Crippen molar-refractivity contribution < 1.29 is 23.5 Å². The maximum Gasteiger partial charge on any atom is 0.265 e. The number of carbonyl (C=O) groups is 2. The monoisotopic (exact) mass is 415 g/mol. The largest absolute Gasteiger partial charge is 0.493 e. The second-order valence-corrected chi connectivity index (χ2v) is 6.90. The number of furan rings is 1. The van der Waals surface area contributed by atoms with Crippen LogP contribution in [0.3, 0.4) is 0 Å². The van der Waals surface area contributed by atoms with Crippen LogP contribution < -0.4 is 14.8 Å². The molecule has 4 rings (SSSR count). The molecule has 1 N–H and O–H groups in total. The van der Waals surface area contributed by atoms with Gasteiger partial charge >= 0.3 is 0 Å². The van der Waals surface area contributed by atoms with E-state index >= 15 is 0 Å².